The number of hydrogen-bond acceptors (Lipinski definition) is 5. The van der Waals surface area contributed by atoms with Crippen molar-refractivity contribution in [1.82, 2.24) is 5.32 Å². The Bertz CT molecular complexity index is 1140. The lowest BCUT2D eigenvalue weighted by Gasteiger charge is -2.22. The van der Waals surface area contributed by atoms with E-state index in [1.807, 2.05) is 0 Å². The highest BCUT2D eigenvalue weighted by Crippen LogP contribution is 2.19. The van der Waals surface area contributed by atoms with Crippen molar-refractivity contribution in [2.24, 2.45) is 0 Å². The first-order valence-electron chi connectivity index (χ1n) is 33.1. The molecule has 73 heavy (non-hydrogen) atoms. The van der Waals surface area contributed by atoms with Gasteiger partial charge in [0.1, 0.15) is 0 Å². The van der Waals surface area contributed by atoms with Gasteiger partial charge in [-0.2, -0.15) is 0 Å². The predicted octanol–water partition coefficient (Wildman–Crippen LogP) is 21.0. The van der Waals surface area contributed by atoms with Crippen LogP contribution < -0.4 is 5.32 Å². The summed E-state index contributed by atoms with van der Waals surface area (Å²) in [5, 5.41) is 23.4. The van der Waals surface area contributed by atoms with Crippen molar-refractivity contribution in [2.75, 3.05) is 13.2 Å². The van der Waals surface area contributed by atoms with Crippen molar-refractivity contribution in [3.05, 3.63) is 24.3 Å². The van der Waals surface area contributed by atoms with E-state index in [-0.39, 0.29) is 18.5 Å². The van der Waals surface area contributed by atoms with E-state index in [9.17, 15) is 19.8 Å². The molecule has 1 amide bonds. The van der Waals surface area contributed by atoms with Crippen molar-refractivity contribution in [2.45, 2.75) is 379 Å². The molecule has 0 bridgehead atoms. The Morgan fingerprint density at radius 1 is 0.384 bits per heavy atom. The minimum absolute atomic E-state index is 0.0337. The van der Waals surface area contributed by atoms with Crippen LogP contribution in [0, 0.1) is 0 Å². The third-order valence-corrected chi connectivity index (χ3v) is 15.5. The van der Waals surface area contributed by atoms with Crippen LogP contribution in [0.4, 0.5) is 0 Å². The molecule has 3 N–H and O–H groups in total. The minimum Gasteiger partial charge on any atom is -0.465 e. The number of nitrogens with one attached hydrogen (secondary N) is 1. The zero-order valence-corrected chi connectivity index (χ0v) is 49.4. The zero-order chi connectivity index (χ0) is 52.9. The van der Waals surface area contributed by atoms with Crippen LogP contribution in [0.3, 0.4) is 0 Å². The molecule has 0 radical (unpaired) electrons. The second-order valence-electron chi connectivity index (χ2n) is 22.8. The van der Waals surface area contributed by atoms with Gasteiger partial charge in [0.05, 0.1) is 25.4 Å². The van der Waals surface area contributed by atoms with E-state index in [0.717, 1.165) is 51.4 Å². The lowest BCUT2D eigenvalue weighted by molar-refractivity contribution is -0.143. The van der Waals surface area contributed by atoms with Crippen LogP contribution in [-0.4, -0.2) is 47.4 Å². The number of esters is 1. The zero-order valence-electron chi connectivity index (χ0n) is 49.4. The summed E-state index contributed by atoms with van der Waals surface area (Å²) in [6.45, 7) is 4.87. The van der Waals surface area contributed by atoms with Crippen LogP contribution in [-0.2, 0) is 14.3 Å². The molecule has 0 aromatic rings. The highest BCUT2D eigenvalue weighted by Gasteiger charge is 2.20. The number of aliphatic hydroxyl groups excluding tert-OH is 2. The van der Waals surface area contributed by atoms with Gasteiger partial charge < -0.3 is 20.3 Å². The van der Waals surface area contributed by atoms with Gasteiger partial charge in [-0.25, -0.2) is 0 Å². The van der Waals surface area contributed by atoms with Crippen LogP contribution >= 0.6 is 0 Å². The number of allylic oxidation sites excluding steroid dienone is 3. The van der Waals surface area contributed by atoms with Crippen LogP contribution in [0.1, 0.15) is 367 Å². The van der Waals surface area contributed by atoms with Gasteiger partial charge in [-0.15, -0.1) is 0 Å². The standard InChI is InChI=1S/C67H129NO5/c1-3-5-7-9-11-13-15-17-18-19-20-21-22-24-27-30-33-36-39-43-47-51-55-59-65(70)64(63-69)68-66(71)60-56-52-48-44-40-37-34-31-28-25-23-26-29-32-35-38-42-46-50-54-58-62-73-67(72)61-57-53-49-45-41-16-14-12-10-8-6-4-2/h38,42,50,54,64-65,69-70H,3-37,39-41,43-49,51-53,55-63H2,1-2H3,(H,68,71)/b42-38-,54-50-. The average molecular weight is 1030 g/mol. The first-order valence-corrected chi connectivity index (χ1v) is 33.1. The van der Waals surface area contributed by atoms with Gasteiger partial charge in [0, 0.05) is 12.8 Å². The molecular formula is C67H129NO5. The van der Waals surface area contributed by atoms with Gasteiger partial charge in [-0.05, 0) is 44.9 Å². The summed E-state index contributed by atoms with van der Waals surface area (Å²) in [6, 6.07) is -0.546. The molecule has 432 valence electrons. The Kier molecular flexibility index (Phi) is 61.4. The Hall–Kier alpha value is -1.66. The van der Waals surface area contributed by atoms with E-state index in [2.05, 4.69) is 43.5 Å². The lowest BCUT2D eigenvalue weighted by Crippen LogP contribution is -2.45. The van der Waals surface area contributed by atoms with E-state index < -0.39 is 12.1 Å². The molecule has 0 aromatic carbocycles. The Balaban J connectivity index is 3.44. The second kappa shape index (κ2) is 62.9. The smallest absolute Gasteiger partial charge is 0.305 e. The van der Waals surface area contributed by atoms with Gasteiger partial charge >= 0.3 is 5.97 Å². The highest BCUT2D eigenvalue weighted by atomic mass is 16.5. The van der Waals surface area contributed by atoms with Gasteiger partial charge in [-0.3, -0.25) is 9.59 Å². The summed E-state index contributed by atoms with van der Waals surface area (Å²) >= 11 is 0. The maximum absolute atomic E-state index is 12.5. The molecule has 0 spiro atoms. The molecule has 0 aliphatic heterocycles. The largest absolute Gasteiger partial charge is 0.465 e. The van der Waals surface area contributed by atoms with Crippen LogP contribution in [0.2, 0.25) is 0 Å². The van der Waals surface area contributed by atoms with E-state index in [1.165, 1.54) is 283 Å². The Morgan fingerprint density at radius 3 is 1.04 bits per heavy atom. The quantitative estimate of drug-likeness (QED) is 0.0320. The normalized spacial score (nSPS) is 12.7. The van der Waals surface area contributed by atoms with E-state index in [0.29, 0.717) is 25.9 Å². The number of aliphatic hydroxyl groups is 2. The first kappa shape index (κ1) is 71.3. The van der Waals surface area contributed by atoms with Gasteiger partial charge in [-0.1, -0.05) is 334 Å². The van der Waals surface area contributed by atoms with Crippen LogP contribution in [0.5, 0.6) is 0 Å². The maximum atomic E-state index is 12.5. The molecule has 0 saturated heterocycles. The van der Waals surface area contributed by atoms with E-state index in [4.69, 9.17) is 4.74 Å². The topological polar surface area (TPSA) is 95.9 Å². The lowest BCUT2D eigenvalue weighted by atomic mass is 10.0. The molecule has 0 aliphatic carbocycles. The molecule has 0 aliphatic rings. The van der Waals surface area contributed by atoms with E-state index in [1.54, 1.807) is 0 Å². The first-order chi connectivity index (χ1) is 36.0. The van der Waals surface area contributed by atoms with Gasteiger partial charge in [0.15, 0.2) is 0 Å². The number of amides is 1. The predicted molar refractivity (Wildman–Crippen MR) is 320 cm³/mol. The SMILES string of the molecule is CCCCCCCCCCCCCCCCCCCCCCCCCC(O)C(CO)NC(=O)CCCCCCCCCCCCCCCC/C=C\C/C=C\CCOC(=O)CCCCCCCCCCCCCC. The number of carbonyl (C=O) groups excluding carboxylic acids is 2. The van der Waals surface area contributed by atoms with Gasteiger partial charge in [0.25, 0.3) is 0 Å². The molecule has 0 rings (SSSR count). The van der Waals surface area contributed by atoms with Gasteiger partial charge in [0.2, 0.25) is 5.91 Å². The van der Waals surface area contributed by atoms with Crippen LogP contribution in [0.15, 0.2) is 24.3 Å². The summed E-state index contributed by atoms with van der Waals surface area (Å²) in [4.78, 5) is 24.5. The fraction of sp³-hybridized carbons (Fsp3) is 0.910. The minimum atomic E-state index is -0.669. The highest BCUT2D eigenvalue weighted by molar-refractivity contribution is 5.76. The van der Waals surface area contributed by atoms with Crippen LogP contribution in [0.25, 0.3) is 0 Å². The Morgan fingerprint density at radius 2 is 0.685 bits per heavy atom. The molecule has 0 aromatic heterocycles. The fourth-order valence-electron chi connectivity index (χ4n) is 10.5. The fourth-order valence-corrected chi connectivity index (χ4v) is 10.5. The number of rotatable bonds is 62. The summed E-state index contributed by atoms with van der Waals surface area (Å²) in [5.74, 6) is -0.0693. The van der Waals surface area contributed by atoms with Crippen molar-refractivity contribution in [3.8, 4) is 0 Å². The molecule has 0 fully saturated rings. The molecular weight excluding hydrogens is 899 g/mol. The van der Waals surface area contributed by atoms with Crippen molar-refractivity contribution >= 4 is 11.9 Å². The maximum Gasteiger partial charge on any atom is 0.305 e. The number of ether oxygens (including phenoxy) is 1. The summed E-state index contributed by atoms with van der Waals surface area (Å²) < 4.78 is 5.41. The number of unbranched alkanes of at least 4 members (excludes halogenated alkanes) is 47. The summed E-state index contributed by atoms with van der Waals surface area (Å²) in [7, 11) is 0. The Labute approximate surface area is 456 Å². The third kappa shape index (κ3) is 59.4. The van der Waals surface area contributed by atoms with Crippen molar-refractivity contribution in [3.63, 3.8) is 0 Å². The number of hydrogen-bond donors (Lipinski definition) is 3. The average Bonchev–Trinajstić information content (AvgIpc) is 3.39. The van der Waals surface area contributed by atoms with Crippen molar-refractivity contribution < 1.29 is 24.5 Å². The summed E-state index contributed by atoms with van der Waals surface area (Å²) in [5.41, 5.74) is 0. The molecule has 2 atom stereocenters. The second-order valence-corrected chi connectivity index (χ2v) is 22.8. The molecule has 6 heteroatoms. The number of carbonyl (C=O) groups is 2. The van der Waals surface area contributed by atoms with E-state index >= 15 is 0 Å². The summed E-state index contributed by atoms with van der Waals surface area (Å²) in [6.07, 6.45) is 77.9. The molecule has 6 nitrogen and oxygen atoms in total. The third-order valence-electron chi connectivity index (χ3n) is 15.5. The monoisotopic (exact) mass is 1030 g/mol. The molecule has 0 heterocycles. The van der Waals surface area contributed by atoms with Crippen molar-refractivity contribution in [1.29, 1.82) is 0 Å². The molecule has 0 saturated carbocycles. The molecule has 2 unspecified atom stereocenters.